The van der Waals surface area contributed by atoms with Crippen molar-refractivity contribution in [3.8, 4) is 0 Å². The van der Waals surface area contributed by atoms with E-state index in [0.29, 0.717) is 0 Å². The van der Waals surface area contributed by atoms with Crippen LogP contribution in [0.25, 0.3) is 11.2 Å². The number of phosphoric acid groups is 2. The average molecular weight is 485 g/mol. The van der Waals surface area contributed by atoms with Crippen LogP contribution in [0, 0.1) is 5.92 Å². The summed E-state index contributed by atoms with van der Waals surface area (Å²) < 4.78 is 39.6. The van der Waals surface area contributed by atoms with Crippen molar-refractivity contribution < 1.29 is 47.1 Å². The van der Waals surface area contributed by atoms with Crippen molar-refractivity contribution in [1.82, 2.24) is 19.9 Å². The van der Waals surface area contributed by atoms with Gasteiger partial charge in [-0.05, 0) is 7.05 Å². The van der Waals surface area contributed by atoms with Gasteiger partial charge in [0.2, 0.25) is 11.7 Å². The second-order valence-corrected chi connectivity index (χ2v) is 9.70. The first-order valence-corrected chi connectivity index (χ1v) is 11.8. The molecule has 1 saturated heterocycles. The summed E-state index contributed by atoms with van der Waals surface area (Å²) >= 11 is 0. The fourth-order valence-corrected chi connectivity index (χ4v) is 5.05. The van der Waals surface area contributed by atoms with Crippen LogP contribution in [-0.2, 0) is 29.7 Å². The molecule has 0 radical (unpaired) electrons. The Kier molecular flexibility index (Phi) is 6.70. The number of nitrogen functional groups attached to an aromatic ring is 1. The number of aromatic amines is 1. The van der Waals surface area contributed by atoms with E-state index in [1.165, 1.54) is 15.5 Å². The van der Waals surface area contributed by atoms with Crippen LogP contribution >= 0.6 is 15.6 Å². The molecule has 8 N–H and O–H groups in total. The topological polar surface area (TPSA) is 235 Å². The number of aliphatic hydroxyl groups excluding tert-OH is 1. The third-order valence-corrected chi connectivity index (χ3v) is 6.79. The number of hydrogen-bond donors (Lipinski definition) is 7. The Hall–Kier alpha value is -1.71. The standard InChI is InChI=1S/C13H22N6O10P2/c1-15-3-6-7(4-27-31(25,26)29-30(22,23)24)28-12(9(6)20)19-5-18(2)8-10(19)16-13(14)17-11(8)21/h5-7,9,12,15,20H,3-4H2,1-2H3,(H5-,14,16,17,21,22,23,24,25,26)/p+1/t6-,7-,9-,12-/m1/s1. The Bertz CT molecular complexity index is 1110. The second-order valence-electron chi connectivity index (χ2n) is 6.87. The van der Waals surface area contributed by atoms with Crippen molar-refractivity contribution in [3.63, 3.8) is 0 Å². The van der Waals surface area contributed by atoms with E-state index in [4.69, 9.17) is 20.3 Å². The summed E-state index contributed by atoms with van der Waals surface area (Å²) in [5.41, 5.74) is 5.43. The number of ether oxygens (including phenoxy) is 1. The van der Waals surface area contributed by atoms with E-state index in [1.807, 2.05) is 0 Å². The van der Waals surface area contributed by atoms with E-state index in [0.717, 1.165) is 0 Å². The molecule has 16 nitrogen and oxygen atoms in total. The first-order chi connectivity index (χ1) is 14.3. The number of nitrogens with one attached hydrogen (secondary N) is 2. The predicted octanol–water partition coefficient (Wildman–Crippen LogP) is -2.55. The summed E-state index contributed by atoms with van der Waals surface area (Å²) in [7, 11) is -7.19. The van der Waals surface area contributed by atoms with Gasteiger partial charge in [0.1, 0.15) is 6.10 Å². The molecule has 1 aliphatic heterocycles. The molecule has 31 heavy (non-hydrogen) atoms. The Balaban J connectivity index is 1.89. The lowest BCUT2D eigenvalue weighted by Crippen LogP contribution is -2.46. The first kappa shape index (κ1) is 23.9. The zero-order chi connectivity index (χ0) is 23.1. The van der Waals surface area contributed by atoms with Gasteiger partial charge in [-0.15, -0.1) is 0 Å². The van der Waals surface area contributed by atoms with E-state index in [1.54, 1.807) is 14.1 Å². The lowest BCUT2D eigenvalue weighted by molar-refractivity contribution is -0.745. The number of hydrogen-bond acceptors (Lipinski definition) is 10. The molecule has 0 saturated carbocycles. The molecule has 2 aromatic rings. The van der Waals surface area contributed by atoms with Crippen LogP contribution in [0.5, 0.6) is 0 Å². The summed E-state index contributed by atoms with van der Waals surface area (Å²) in [4.78, 5) is 45.6. The summed E-state index contributed by atoms with van der Waals surface area (Å²) in [6.45, 7) is -0.433. The molecule has 1 unspecified atom stereocenters. The van der Waals surface area contributed by atoms with Crippen molar-refractivity contribution in [2.24, 2.45) is 13.0 Å². The van der Waals surface area contributed by atoms with Gasteiger partial charge in [-0.1, -0.05) is 4.98 Å². The number of anilines is 1. The predicted molar refractivity (Wildman–Crippen MR) is 102 cm³/mol. The van der Waals surface area contributed by atoms with Crippen molar-refractivity contribution in [2.75, 3.05) is 25.9 Å². The van der Waals surface area contributed by atoms with Gasteiger partial charge in [0.05, 0.1) is 19.8 Å². The van der Waals surface area contributed by atoms with Crippen LogP contribution in [0.2, 0.25) is 0 Å². The highest BCUT2D eigenvalue weighted by Crippen LogP contribution is 2.57. The molecule has 0 amide bonds. The Morgan fingerprint density at radius 1 is 1.42 bits per heavy atom. The third kappa shape index (κ3) is 5.21. The second kappa shape index (κ2) is 8.67. The van der Waals surface area contributed by atoms with E-state index >= 15 is 0 Å². The van der Waals surface area contributed by atoms with Crippen LogP contribution in [0.4, 0.5) is 5.95 Å². The number of aliphatic hydroxyl groups is 1. The molecule has 2 aromatic heterocycles. The monoisotopic (exact) mass is 485 g/mol. The van der Waals surface area contributed by atoms with E-state index in [2.05, 4.69) is 24.1 Å². The summed E-state index contributed by atoms with van der Waals surface area (Å²) in [5, 5.41) is 13.7. The molecule has 3 rings (SSSR count). The number of imidazole rings is 1. The van der Waals surface area contributed by atoms with Gasteiger partial charge in [0.25, 0.3) is 11.5 Å². The van der Waals surface area contributed by atoms with E-state index in [-0.39, 0.29) is 23.7 Å². The summed E-state index contributed by atoms with van der Waals surface area (Å²) in [6, 6.07) is 0. The lowest BCUT2D eigenvalue weighted by Gasteiger charge is -2.20. The Labute approximate surface area is 174 Å². The van der Waals surface area contributed by atoms with Crippen LogP contribution in [-0.4, -0.2) is 66.7 Å². The van der Waals surface area contributed by atoms with E-state index in [9.17, 15) is 23.9 Å². The number of aryl methyl sites for hydroxylation is 1. The molecule has 3 heterocycles. The minimum absolute atomic E-state index is 0.134. The smallest absolute Gasteiger partial charge is 0.386 e. The van der Waals surface area contributed by atoms with Gasteiger partial charge < -0.3 is 35.6 Å². The number of phosphoric ester groups is 1. The van der Waals surface area contributed by atoms with Crippen molar-refractivity contribution in [3.05, 3.63) is 16.7 Å². The zero-order valence-electron chi connectivity index (χ0n) is 16.4. The maximum Gasteiger partial charge on any atom is 0.481 e. The van der Waals surface area contributed by atoms with Crippen LogP contribution in [0.15, 0.2) is 11.1 Å². The molecule has 5 atom stereocenters. The SMILES string of the molecule is CNC[C@H]1[C@@H](O)[C@H]([n+]2cn(C)c3c(=O)[nH]c(N)nc32)O[C@@H]1COP(=O)(O)OP(=O)(O)O. The molecular formula is C13H23N6O10P2+. The van der Waals surface area contributed by atoms with Gasteiger partial charge >= 0.3 is 21.3 Å². The maximum atomic E-state index is 12.2. The van der Waals surface area contributed by atoms with Gasteiger partial charge in [0.15, 0.2) is 6.33 Å². The minimum atomic E-state index is -5.28. The number of rotatable bonds is 8. The Morgan fingerprint density at radius 2 is 2.10 bits per heavy atom. The third-order valence-electron chi connectivity index (χ3n) is 4.64. The van der Waals surface area contributed by atoms with Gasteiger partial charge in [-0.2, -0.15) is 4.31 Å². The molecule has 1 fully saturated rings. The molecule has 0 bridgehead atoms. The number of nitrogens with two attached hydrogens (primary N) is 1. The van der Waals surface area contributed by atoms with Crippen LogP contribution < -0.4 is 21.2 Å². The lowest BCUT2D eigenvalue weighted by atomic mass is 9.98. The van der Waals surface area contributed by atoms with Crippen molar-refractivity contribution in [2.45, 2.75) is 18.4 Å². The maximum absolute atomic E-state index is 12.2. The molecule has 174 valence electrons. The molecule has 18 heteroatoms. The number of nitrogens with zero attached hydrogens (tertiary/aromatic N) is 3. The first-order valence-electron chi connectivity index (χ1n) is 8.81. The van der Waals surface area contributed by atoms with Crippen LogP contribution in [0.3, 0.4) is 0 Å². The fraction of sp³-hybridized carbons (Fsp3) is 0.615. The number of fused-ring (bicyclic) bond motifs is 1. The largest absolute Gasteiger partial charge is 0.481 e. The molecular weight excluding hydrogens is 462 g/mol. The van der Waals surface area contributed by atoms with Gasteiger partial charge in [-0.3, -0.25) is 18.9 Å². The highest BCUT2D eigenvalue weighted by molar-refractivity contribution is 7.60. The van der Waals surface area contributed by atoms with Crippen LogP contribution in [0.1, 0.15) is 6.23 Å². The van der Waals surface area contributed by atoms with Gasteiger partial charge in [0, 0.05) is 12.5 Å². The summed E-state index contributed by atoms with van der Waals surface area (Å²) in [6.07, 6.45) is -1.78. The highest BCUT2D eigenvalue weighted by atomic mass is 31.3. The zero-order valence-corrected chi connectivity index (χ0v) is 18.1. The Morgan fingerprint density at radius 3 is 2.71 bits per heavy atom. The molecule has 1 aliphatic rings. The van der Waals surface area contributed by atoms with Crippen molar-refractivity contribution in [1.29, 1.82) is 0 Å². The number of aromatic nitrogens is 4. The average Bonchev–Trinajstić information content (AvgIpc) is 3.09. The highest BCUT2D eigenvalue weighted by Gasteiger charge is 2.48. The minimum Gasteiger partial charge on any atom is -0.386 e. The normalized spacial score (nSPS) is 26.4. The molecule has 0 aromatic carbocycles. The molecule has 0 aliphatic carbocycles. The number of H-pyrrole nitrogens is 1. The van der Waals surface area contributed by atoms with Crippen molar-refractivity contribution >= 4 is 32.8 Å². The fourth-order valence-electron chi connectivity index (χ4n) is 3.45. The summed E-state index contributed by atoms with van der Waals surface area (Å²) in [5.74, 6) is -0.820. The van der Waals surface area contributed by atoms with E-state index < -0.39 is 52.2 Å². The molecule has 0 spiro atoms. The quantitative estimate of drug-likeness (QED) is 0.151. The van der Waals surface area contributed by atoms with Gasteiger partial charge in [-0.25, -0.2) is 13.7 Å².